The number of carbonyl (C=O) groups is 1. The van der Waals surface area contributed by atoms with Crippen LogP contribution in [0.4, 0.5) is 17.6 Å². The van der Waals surface area contributed by atoms with Gasteiger partial charge in [0, 0.05) is 18.4 Å². The molecule has 2 aromatic carbocycles. The third kappa shape index (κ3) is 4.04. The summed E-state index contributed by atoms with van der Waals surface area (Å²) in [5, 5.41) is 14.5. The van der Waals surface area contributed by atoms with Crippen molar-refractivity contribution in [2.24, 2.45) is 0 Å². The molecular weight excluding hydrogens is 468 g/mol. The summed E-state index contributed by atoms with van der Waals surface area (Å²) < 4.78 is 55.3. The van der Waals surface area contributed by atoms with Gasteiger partial charge < -0.3 is 9.47 Å². The van der Waals surface area contributed by atoms with Crippen molar-refractivity contribution >= 4 is 16.7 Å². The highest BCUT2D eigenvalue weighted by molar-refractivity contribution is 5.95. The van der Waals surface area contributed by atoms with Gasteiger partial charge in [0.15, 0.2) is 5.82 Å². The van der Waals surface area contributed by atoms with Crippen molar-refractivity contribution in [3.8, 4) is 0 Å². The van der Waals surface area contributed by atoms with E-state index in [1.54, 1.807) is 24.3 Å². The molecule has 0 radical (unpaired) electrons. The van der Waals surface area contributed by atoms with Gasteiger partial charge in [-0.15, -0.1) is 10.2 Å². The van der Waals surface area contributed by atoms with Crippen molar-refractivity contribution < 1.29 is 22.4 Å². The monoisotopic (exact) mass is 486 g/mol. The van der Waals surface area contributed by atoms with Crippen LogP contribution in [0.25, 0.3) is 10.8 Å². The molecule has 0 saturated carbocycles. The number of benzene rings is 2. The third-order valence-electron chi connectivity index (χ3n) is 5.97. The zero-order chi connectivity index (χ0) is 24.9. The number of aromatic nitrogens is 5. The maximum absolute atomic E-state index is 14.7. The van der Waals surface area contributed by atoms with Gasteiger partial charge in [0.25, 0.3) is 11.5 Å². The molecule has 1 aliphatic rings. The molecule has 8 nitrogen and oxygen atoms in total. The van der Waals surface area contributed by atoms with Crippen LogP contribution in [0.15, 0.2) is 47.3 Å². The lowest BCUT2D eigenvalue weighted by Gasteiger charge is -2.32. The number of nitrogens with zero attached hydrogens (tertiary/aromatic N) is 5. The van der Waals surface area contributed by atoms with Crippen LogP contribution >= 0.6 is 0 Å². The Morgan fingerprint density at radius 1 is 1.14 bits per heavy atom. The van der Waals surface area contributed by atoms with E-state index in [4.69, 9.17) is 0 Å². The first-order chi connectivity index (χ1) is 16.6. The van der Waals surface area contributed by atoms with Gasteiger partial charge in [0.1, 0.15) is 5.82 Å². The number of rotatable bonds is 3. The summed E-state index contributed by atoms with van der Waals surface area (Å²) in [5.41, 5.74) is 0.573. The summed E-state index contributed by atoms with van der Waals surface area (Å²) in [4.78, 5) is 26.5. The van der Waals surface area contributed by atoms with Gasteiger partial charge >= 0.3 is 6.18 Å². The Bertz CT molecular complexity index is 1510. The zero-order valence-corrected chi connectivity index (χ0v) is 18.3. The molecule has 4 aromatic rings. The van der Waals surface area contributed by atoms with E-state index in [9.17, 15) is 27.2 Å². The van der Waals surface area contributed by atoms with Crippen molar-refractivity contribution in [2.45, 2.75) is 32.1 Å². The van der Waals surface area contributed by atoms with Gasteiger partial charge in [-0.3, -0.25) is 9.59 Å². The number of nitrogens with one attached hydrogen (secondary N) is 1. The molecule has 12 heteroatoms. The highest BCUT2D eigenvalue weighted by atomic mass is 19.4. The Hall–Kier alpha value is -4.09. The molecule has 3 heterocycles. The SMILES string of the molecule is C[C@H]1CN(C(=O)c2cc(Cc3n[nH]c(=O)c4ccccc34)ccc2F)Cc2nnc(C(F)(F)F)n21. The van der Waals surface area contributed by atoms with Crippen LogP contribution in [-0.2, 0) is 19.1 Å². The second-order valence-electron chi connectivity index (χ2n) is 8.38. The topological polar surface area (TPSA) is 96.8 Å². The lowest BCUT2D eigenvalue weighted by atomic mass is 10.0. The maximum atomic E-state index is 14.7. The predicted octanol–water partition coefficient (Wildman–Crippen LogP) is 3.48. The number of carbonyl (C=O) groups excluding carboxylic acids is 1. The van der Waals surface area contributed by atoms with E-state index in [2.05, 4.69) is 20.4 Å². The average Bonchev–Trinajstić information content (AvgIpc) is 3.27. The summed E-state index contributed by atoms with van der Waals surface area (Å²) in [6.07, 6.45) is -4.45. The minimum absolute atomic E-state index is 0.0232. The van der Waals surface area contributed by atoms with Crippen LogP contribution in [0.3, 0.4) is 0 Å². The fourth-order valence-electron chi connectivity index (χ4n) is 4.39. The Kier molecular flexibility index (Phi) is 5.37. The van der Waals surface area contributed by atoms with E-state index < -0.39 is 29.8 Å². The Morgan fingerprint density at radius 3 is 2.63 bits per heavy atom. The fourth-order valence-corrected chi connectivity index (χ4v) is 4.39. The molecule has 1 amide bonds. The molecule has 2 aromatic heterocycles. The Labute approximate surface area is 195 Å². The van der Waals surface area contributed by atoms with Crippen LogP contribution in [0.5, 0.6) is 0 Å². The normalized spacial score (nSPS) is 15.9. The molecule has 0 fully saturated rings. The van der Waals surface area contributed by atoms with Gasteiger partial charge in [-0.2, -0.15) is 18.3 Å². The maximum Gasteiger partial charge on any atom is 0.451 e. The molecular formula is C23H18F4N6O2. The van der Waals surface area contributed by atoms with Crippen LogP contribution in [-0.4, -0.2) is 42.3 Å². The first-order valence-corrected chi connectivity index (χ1v) is 10.7. The van der Waals surface area contributed by atoms with E-state index in [-0.39, 0.29) is 36.5 Å². The van der Waals surface area contributed by atoms with E-state index in [1.807, 2.05) is 0 Å². The molecule has 1 N–H and O–H groups in total. The first kappa shape index (κ1) is 22.7. The molecule has 0 aliphatic carbocycles. The number of hydrogen-bond acceptors (Lipinski definition) is 5. The van der Waals surface area contributed by atoms with Crippen molar-refractivity contribution in [2.75, 3.05) is 6.54 Å². The Balaban J connectivity index is 1.44. The van der Waals surface area contributed by atoms with E-state index in [0.29, 0.717) is 22.0 Å². The highest BCUT2D eigenvalue weighted by Gasteiger charge is 2.42. The number of alkyl halides is 3. The van der Waals surface area contributed by atoms with Gasteiger partial charge in [0.05, 0.1) is 29.2 Å². The summed E-state index contributed by atoms with van der Waals surface area (Å²) in [6.45, 7) is 1.21. The van der Waals surface area contributed by atoms with Crippen molar-refractivity contribution in [1.29, 1.82) is 0 Å². The minimum atomic E-state index is -4.67. The molecule has 5 rings (SSSR count). The fraction of sp³-hybridized carbons (Fsp3) is 0.261. The molecule has 0 saturated heterocycles. The Morgan fingerprint density at radius 2 is 1.89 bits per heavy atom. The summed E-state index contributed by atoms with van der Waals surface area (Å²) in [7, 11) is 0. The number of H-pyrrole nitrogens is 1. The van der Waals surface area contributed by atoms with Crippen molar-refractivity contribution in [3.05, 3.63) is 87.1 Å². The van der Waals surface area contributed by atoms with E-state index in [1.165, 1.54) is 24.0 Å². The summed E-state index contributed by atoms with van der Waals surface area (Å²) in [6, 6.07) is 10.2. The minimum Gasteiger partial charge on any atom is -0.329 e. The lowest BCUT2D eigenvalue weighted by Crippen LogP contribution is -2.41. The lowest BCUT2D eigenvalue weighted by molar-refractivity contribution is -0.148. The highest BCUT2D eigenvalue weighted by Crippen LogP contribution is 2.33. The van der Waals surface area contributed by atoms with E-state index >= 15 is 0 Å². The molecule has 1 aliphatic heterocycles. The van der Waals surface area contributed by atoms with Crippen LogP contribution in [0.1, 0.15) is 46.2 Å². The zero-order valence-electron chi connectivity index (χ0n) is 18.3. The van der Waals surface area contributed by atoms with Crippen LogP contribution in [0.2, 0.25) is 0 Å². The van der Waals surface area contributed by atoms with Crippen LogP contribution in [0, 0.1) is 5.82 Å². The molecule has 0 bridgehead atoms. The summed E-state index contributed by atoms with van der Waals surface area (Å²) >= 11 is 0. The number of amides is 1. The molecule has 35 heavy (non-hydrogen) atoms. The smallest absolute Gasteiger partial charge is 0.329 e. The standard InChI is InChI=1S/C23H18F4N6O2/c1-12-10-32(11-19-29-31-22(33(12)19)23(25,26)27)21(35)16-8-13(6-7-17(16)24)9-18-14-4-2-3-5-15(14)20(34)30-28-18/h2-8,12H,9-11H2,1H3,(H,30,34)/t12-/m0/s1. The molecule has 180 valence electrons. The van der Waals surface area contributed by atoms with E-state index in [0.717, 1.165) is 10.6 Å². The third-order valence-corrected chi connectivity index (χ3v) is 5.97. The summed E-state index contributed by atoms with van der Waals surface area (Å²) in [5.74, 6) is -2.57. The van der Waals surface area contributed by atoms with Crippen molar-refractivity contribution in [3.63, 3.8) is 0 Å². The molecule has 0 spiro atoms. The van der Waals surface area contributed by atoms with Crippen LogP contribution < -0.4 is 5.56 Å². The van der Waals surface area contributed by atoms with Gasteiger partial charge in [-0.25, -0.2) is 9.49 Å². The number of hydrogen-bond donors (Lipinski definition) is 1. The number of aromatic amines is 1. The average molecular weight is 486 g/mol. The number of halogens is 4. The first-order valence-electron chi connectivity index (χ1n) is 10.7. The van der Waals surface area contributed by atoms with Gasteiger partial charge in [-0.05, 0) is 30.7 Å². The van der Waals surface area contributed by atoms with Gasteiger partial charge in [0.2, 0.25) is 5.82 Å². The second kappa shape index (κ2) is 8.29. The largest absolute Gasteiger partial charge is 0.451 e. The number of fused-ring (bicyclic) bond motifs is 2. The second-order valence-corrected chi connectivity index (χ2v) is 8.38. The van der Waals surface area contributed by atoms with Gasteiger partial charge in [-0.1, -0.05) is 24.3 Å². The quantitative estimate of drug-likeness (QED) is 0.448. The predicted molar refractivity (Wildman–Crippen MR) is 116 cm³/mol. The van der Waals surface area contributed by atoms with Crippen molar-refractivity contribution in [1.82, 2.24) is 29.9 Å². The molecule has 1 atom stereocenters. The molecule has 0 unspecified atom stereocenters.